The highest BCUT2D eigenvalue weighted by molar-refractivity contribution is 5.77. The summed E-state index contributed by atoms with van der Waals surface area (Å²) in [6.07, 6.45) is 0. The number of benzene rings is 1. The molecule has 1 aromatic heterocycles. The topological polar surface area (TPSA) is 44.0 Å². The van der Waals surface area contributed by atoms with Crippen LogP contribution in [-0.4, -0.2) is 41.0 Å². The van der Waals surface area contributed by atoms with Gasteiger partial charge in [-0.1, -0.05) is 0 Å². The van der Waals surface area contributed by atoms with Crippen LogP contribution in [0.2, 0.25) is 0 Å². The first-order chi connectivity index (χ1) is 9.15. The number of aromatic nitrogens is 2. The number of rotatable bonds is 2. The van der Waals surface area contributed by atoms with Crippen molar-refractivity contribution in [2.75, 3.05) is 26.2 Å². The van der Waals surface area contributed by atoms with E-state index in [1.54, 1.807) is 0 Å². The largest absolute Gasteiger partial charge is 0.341 e. The summed E-state index contributed by atoms with van der Waals surface area (Å²) in [6.45, 7) is 10.9. The van der Waals surface area contributed by atoms with Gasteiger partial charge in [-0.25, -0.2) is 4.98 Å². The van der Waals surface area contributed by atoms with Crippen molar-refractivity contribution in [3.63, 3.8) is 0 Å². The molecule has 0 spiro atoms. The lowest BCUT2D eigenvalue weighted by molar-refractivity contribution is 0.180. The predicted octanol–water partition coefficient (Wildman–Crippen LogP) is 2.15. The van der Waals surface area contributed by atoms with E-state index in [2.05, 4.69) is 48.1 Å². The van der Waals surface area contributed by atoms with Crippen LogP contribution in [0.4, 0.5) is 0 Å². The third kappa shape index (κ3) is 2.38. The number of hydrogen-bond acceptors (Lipinski definition) is 3. The molecule has 1 unspecified atom stereocenters. The van der Waals surface area contributed by atoms with Gasteiger partial charge < -0.3 is 10.3 Å². The van der Waals surface area contributed by atoms with Gasteiger partial charge in [0.1, 0.15) is 5.82 Å². The summed E-state index contributed by atoms with van der Waals surface area (Å²) in [5.74, 6) is 1.09. The number of piperazine rings is 1. The fraction of sp³-hybridized carbons (Fsp3) is 0.533. The highest BCUT2D eigenvalue weighted by atomic mass is 15.2. The van der Waals surface area contributed by atoms with E-state index in [0.717, 1.165) is 43.0 Å². The number of nitrogens with one attached hydrogen (secondary N) is 2. The van der Waals surface area contributed by atoms with Crippen molar-refractivity contribution in [1.29, 1.82) is 0 Å². The molecule has 2 heterocycles. The second-order valence-electron chi connectivity index (χ2n) is 5.54. The number of nitrogens with zero attached hydrogens (tertiary/aromatic N) is 2. The summed E-state index contributed by atoms with van der Waals surface area (Å²) in [7, 11) is 0. The Balaban J connectivity index is 1.91. The average Bonchev–Trinajstić information content (AvgIpc) is 2.82. The Morgan fingerprint density at radius 2 is 1.84 bits per heavy atom. The highest BCUT2D eigenvalue weighted by Gasteiger charge is 2.20. The summed E-state index contributed by atoms with van der Waals surface area (Å²) in [4.78, 5) is 10.7. The van der Waals surface area contributed by atoms with Crippen LogP contribution in [-0.2, 0) is 0 Å². The summed E-state index contributed by atoms with van der Waals surface area (Å²) >= 11 is 0. The molecular formula is C15H22N4. The zero-order chi connectivity index (χ0) is 13.4. The van der Waals surface area contributed by atoms with Crippen LogP contribution in [0.3, 0.4) is 0 Å². The third-order valence-electron chi connectivity index (χ3n) is 4.21. The average molecular weight is 258 g/mol. The van der Waals surface area contributed by atoms with E-state index in [0.29, 0.717) is 6.04 Å². The van der Waals surface area contributed by atoms with E-state index in [1.165, 1.54) is 11.1 Å². The van der Waals surface area contributed by atoms with Crippen molar-refractivity contribution in [2.45, 2.75) is 26.8 Å². The molecule has 2 N–H and O–H groups in total. The Morgan fingerprint density at radius 1 is 1.16 bits per heavy atom. The van der Waals surface area contributed by atoms with Gasteiger partial charge in [-0.15, -0.1) is 0 Å². The Hall–Kier alpha value is -1.39. The molecule has 2 aromatic rings. The molecule has 0 bridgehead atoms. The van der Waals surface area contributed by atoms with E-state index in [-0.39, 0.29) is 0 Å². The molecule has 3 rings (SSSR count). The number of fused-ring (bicyclic) bond motifs is 1. The minimum absolute atomic E-state index is 0.357. The third-order valence-corrected chi connectivity index (χ3v) is 4.21. The molecule has 0 saturated carbocycles. The molecule has 0 aliphatic carbocycles. The molecule has 4 nitrogen and oxygen atoms in total. The smallest absolute Gasteiger partial charge is 0.124 e. The zero-order valence-electron chi connectivity index (χ0n) is 12.0. The maximum atomic E-state index is 4.77. The van der Waals surface area contributed by atoms with E-state index in [4.69, 9.17) is 4.98 Å². The maximum absolute atomic E-state index is 4.77. The van der Waals surface area contributed by atoms with Crippen LogP contribution < -0.4 is 5.32 Å². The van der Waals surface area contributed by atoms with Crippen molar-refractivity contribution in [3.8, 4) is 0 Å². The summed E-state index contributed by atoms with van der Waals surface area (Å²) < 4.78 is 0. The molecule has 1 fully saturated rings. The zero-order valence-corrected chi connectivity index (χ0v) is 12.0. The van der Waals surface area contributed by atoms with Gasteiger partial charge in [-0.3, -0.25) is 4.90 Å². The van der Waals surface area contributed by atoms with Gasteiger partial charge in [-0.2, -0.15) is 0 Å². The van der Waals surface area contributed by atoms with E-state index < -0.39 is 0 Å². The van der Waals surface area contributed by atoms with Gasteiger partial charge in [0.15, 0.2) is 0 Å². The lowest BCUT2D eigenvalue weighted by Crippen LogP contribution is -2.44. The lowest BCUT2D eigenvalue weighted by atomic mass is 10.1. The lowest BCUT2D eigenvalue weighted by Gasteiger charge is -2.31. The predicted molar refractivity (Wildman–Crippen MR) is 78.4 cm³/mol. The fourth-order valence-electron chi connectivity index (χ4n) is 2.73. The minimum Gasteiger partial charge on any atom is -0.341 e. The van der Waals surface area contributed by atoms with Crippen LogP contribution in [0.5, 0.6) is 0 Å². The highest BCUT2D eigenvalue weighted by Crippen LogP contribution is 2.23. The molecule has 1 atom stereocenters. The summed E-state index contributed by atoms with van der Waals surface area (Å²) in [6, 6.07) is 4.73. The van der Waals surface area contributed by atoms with E-state index in [9.17, 15) is 0 Å². The van der Waals surface area contributed by atoms with Crippen LogP contribution >= 0.6 is 0 Å². The Kier molecular flexibility index (Phi) is 3.29. The number of aromatic amines is 1. The first-order valence-corrected chi connectivity index (χ1v) is 7.07. The number of imidazole rings is 1. The molecule has 19 heavy (non-hydrogen) atoms. The molecule has 1 aromatic carbocycles. The van der Waals surface area contributed by atoms with Gasteiger partial charge in [0.05, 0.1) is 17.1 Å². The number of hydrogen-bond donors (Lipinski definition) is 2. The maximum Gasteiger partial charge on any atom is 0.124 e. The van der Waals surface area contributed by atoms with Gasteiger partial charge in [0.25, 0.3) is 0 Å². The molecular weight excluding hydrogens is 236 g/mol. The second kappa shape index (κ2) is 4.94. The van der Waals surface area contributed by atoms with Crippen LogP contribution in [0, 0.1) is 13.8 Å². The Bertz CT molecular complexity index is 542. The van der Waals surface area contributed by atoms with Crippen molar-refractivity contribution in [2.24, 2.45) is 0 Å². The number of H-pyrrole nitrogens is 1. The molecule has 1 saturated heterocycles. The normalized spacial score (nSPS) is 18.9. The first-order valence-electron chi connectivity index (χ1n) is 7.07. The van der Waals surface area contributed by atoms with Gasteiger partial charge in [-0.05, 0) is 44.0 Å². The monoisotopic (exact) mass is 258 g/mol. The van der Waals surface area contributed by atoms with Crippen LogP contribution in [0.1, 0.15) is 29.9 Å². The first kappa shape index (κ1) is 12.6. The van der Waals surface area contributed by atoms with Crippen molar-refractivity contribution < 1.29 is 0 Å². The summed E-state index contributed by atoms with van der Waals surface area (Å²) in [5, 5.41) is 3.39. The Labute approximate surface area is 114 Å². The molecule has 102 valence electrons. The standard InChI is InChI=1S/C15H22N4/c1-10-8-13-14(9-11(10)2)18-15(17-13)12(3)19-6-4-16-5-7-19/h8-9,12,16H,4-7H2,1-3H3,(H,17,18). The quantitative estimate of drug-likeness (QED) is 0.867. The molecule has 1 aliphatic rings. The molecule has 1 aliphatic heterocycles. The van der Waals surface area contributed by atoms with Crippen molar-refractivity contribution in [1.82, 2.24) is 20.2 Å². The molecule has 0 radical (unpaired) electrons. The molecule has 0 amide bonds. The van der Waals surface area contributed by atoms with Crippen LogP contribution in [0.15, 0.2) is 12.1 Å². The van der Waals surface area contributed by atoms with Crippen LogP contribution in [0.25, 0.3) is 11.0 Å². The second-order valence-corrected chi connectivity index (χ2v) is 5.54. The summed E-state index contributed by atoms with van der Waals surface area (Å²) in [5.41, 5.74) is 4.86. The molecule has 4 heteroatoms. The SMILES string of the molecule is Cc1cc2nc(C(C)N3CCNCC3)[nH]c2cc1C. The van der Waals surface area contributed by atoms with Gasteiger partial charge >= 0.3 is 0 Å². The van der Waals surface area contributed by atoms with Gasteiger partial charge in [0.2, 0.25) is 0 Å². The minimum atomic E-state index is 0.357. The fourth-order valence-corrected chi connectivity index (χ4v) is 2.73. The van der Waals surface area contributed by atoms with Crippen molar-refractivity contribution >= 4 is 11.0 Å². The van der Waals surface area contributed by atoms with Crippen molar-refractivity contribution in [3.05, 3.63) is 29.1 Å². The van der Waals surface area contributed by atoms with Gasteiger partial charge in [0, 0.05) is 26.2 Å². The van der Waals surface area contributed by atoms with E-state index in [1.807, 2.05) is 0 Å². The number of aryl methyl sites for hydroxylation is 2. The van der Waals surface area contributed by atoms with E-state index >= 15 is 0 Å². The Morgan fingerprint density at radius 3 is 2.58 bits per heavy atom.